The molecule has 0 bridgehead atoms. The molecule has 0 unspecified atom stereocenters. The lowest BCUT2D eigenvalue weighted by molar-refractivity contribution is -0.130. The summed E-state index contributed by atoms with van der Waals surface area (Å²) in [7, 11) is 1.64. The predicted octanol–water partition coefficient (Wildman–Crippen LogP) is 5.73. The molecular formula is C34H32N6O3S2. The zero-order valence-corrected chi connectivity index (χ0v) is 26.3. The van der Waals surface area contributed by atoms with Crippen LogP contribution in [-0.4, -0.2) is 50.2 Å². The highest BCUT2D eigenvalue weighted by Gasteiger charge is 2.33. The summed E-state index contributed by atoms with van der Waals surface area (Å²) in [5.41, 5.74) is 3.89. The van der Waals surface area contributed by atoms with E-state index in [2.05, 4.69) is 15.5 Å². The number of thioether (sulfide) groups is 1. The Morgan fingerprint density at radius 2 is 1.67 bits per heavy atom. The molecule has 0 saturated heterocycles. The first-order valence-corrected chi connectivity index (χ1v) is 16.4. The van der Waals surface area contributed by atoms with Gasteiger partial charge in [-0.2, -0.15) is 5.10 Å². The minimum Gasteiger partial charge on any atom is -0.497 e. The minimum atomic E-state index is -0.223. The van der Waals surface area contributed by atoms with Crippen LogP contribution in [0.4, 0.5) is 0 Å². The van der Waals surface area contributed by atoms with Crippen LogP contribution in [0.2, 0.25) is 0 Å². The quantitative estimate of drug-likeness (QED) is 0.176. The molecule has 1 N–H and O–H groups in total. The predicted molar refractivity (Wildman–Crippen MR) is 176 cm³/mol. The van der Waals surface area contributed by atoms with Crippen LogP contribution in [0.3, 0.4) is 0 Å². The van der Waals surface area contributed by atoms with Crippen molar-refractivity contribution in [3.63, 3.8) is 0 Å². The van der Waals surface area contributed by atoms with Gasteiger partial charge in [0.05, 0.1) is 49.0 Å². The number of carbonyl (C=O) groups excluding carboxylic acids is 2. The molecule has 11 heteroatoms. The Hall–Kier alpha value is -4.74. The van der Waals surface area contributed by atoms with Crippen LogP contribution in [-0.2, 0) is 29.1 Å². The Balaban J connectivity index is 1.19. The Bertz CT molecular complexity index is 1760. The number of nitrogens with zero attached hydrogens (tertiary/aromatic N) is 5. The summed E-state index contributed by atoms with van der Waals surface area (Å²) in [6.45, 7) is 0.729. The van der Waals surface area contributed by atoms with Gasteiger partial charge in [-0.25, -0.2) is 5.01 Å². The summed E-state index contributed by atoms with van der Waals surface area (Å²) in [5.74, 6) is 1.28. The van der Waals surface area contributed by atoms with Crippen molar-refractivity contribution in [3.8, 4) is 5.75 Å². The molecule has 2 amide bonds. The number of amides is 2. The van der Waals surface area contributed by atoms with E-state index < -0.39 is 0 Å². The number of hydrazone groups is 1. The third-order valence-corrected chi connectivity index (χ3v) is 9.30. The Morgan fingerprint density at radius 1 is 0.933 bits per heavy atom. The van der Waals surface area contributed by atoms with E-state index in [0.717, 1.165) is 33.0 Å². The maximum absolute atomic E-state index is 13.8. The lowest BCUT2D eigenvalue weighted by atomic mass is 10.0. The zero-order chi connectivity index (χ0) is 31.0. The average molecular weight is 637 g/mol. The van der Waals surface area contributed by atoms with Crippen LogP contribution >= 0.6 is 23.1 Å². The Kier molecular flexibility index (Phi) is 9.67. The number of rotatable bonds is 12. The lowest BCUT2D eigenvalue weighted by Crippen LogP contribution is -2.29. The van der Waals surface area contributed by atoms with Gasteiger partial charge < -0.3 is 14.6 Å². The Morgan fingerprint density at radius 3 is 2.36 bits per heavy atom. The molecule has 9 nitrogen and oxygen atoms in total. The van der Waals surface area contributed by atoms with E-state index in [9.17, 15) is 9.59 Å². The largest absolute Gasteiger partial charge is 0.497 e. The molecule has 5 aromatic rings. The maximum Gasteiger partial charge on any atom is 0.253 e. The molecule has 0 aliphatic carbocycles. The number of benzene rings is 3. The van der Waals surface area contributed by atoms with Gasteiger partial charge in [0.15, 0.2) is 11.0 Å². The van der Waals surface area contributed by atoms with Crippen molar-refractivity contribution in [2.75, 3.05) is 12.9 Å². The van der Waals surface area contributed by atoms with Crippen LogP contribution in [0.15, 0.2) is 113 Å². The van der Waals surface area contributed by atoms with E-state index in [1.807, 2.05) is 107 Å². The maximum atomic E-state index is 13.8. The average Bonchev–Trinajstić information content (AvgIpc) is 3.85. The minimum absolute atomic E-state index is 0.0992. The molecule has 0 spiro atoms. The van der Waals surface area contributed by atoms with E-state index in [1.54, 1.807) is 23.5 Å². The van der Waals surface area contributed by atoms with Crippen LogP contribution in [0.25, 0.3) is 0 Å². The highest BCUT2D eigenvalue weighted by Crippen LogP contribution is 2.35. The first-order chi connectivity index (χ1) is 22.1. The van der Waals surface area contributed by atoms with Crippen molar-refractivity contribution in [1.29, 1.82) is 0 Å². The molecule has 1 aliphatic rings. The van der Waals surface area contributed by atoms with E-state index in [4.69, 9.17) is 9.84 Å². The van der Waals surface area contributed by atoms with E-state index in [0.29, 0.717) is 23.9 Å². The molecule has 3 aromatic carbocycles. The third-order valence-electron chi connectivity index (χ3n) is 7.42. The van der Waals surface area contributed by atoms with Crippen molar-refractivity contribution >= 4 is 40.6 Å². The number of hydrogen-bond donors (Lipinski definition) is 1. The van der Waals surface area contributed by atoms with Crippen molar-refractivity contribution in [2.24, 2.45) is 5.10 Å². The van der Waals surface area contributed by atoms with Crippen LogP contribution in [0.5, 0.6) is 5.75 Å². The van der Waals surface area contributed by atoms with Crippen LogP contribution < -0.4 is 10.1 Å². The van der Waals surface area contributed by atoms with Gasteiger partial charge in [-0.1, -0.05) is 90.6 Å². The van der Waals surface area contributed by atoms with Gasteiger partial charge in [-0.05, 0) is 40.3 Å². The molecule has 2 aromatic heterocycles. The highest BCUT2D eigenvalue weighted by atomic mass is 32.2. The van der Waals surface area contributed by atoms with E-state index in [1.165, 1.54) is 11.8 Å². The molecule has 1 atom stereocenters. The summed E-state index contributed by atoms with van der Waals surface area (Å²) in [6, 6.07) is 31.2. The summed E-state index contributed by atoms with van der Waals surface area (Å²) in [6.07, 6.45) is 0.906. The van der Waals surface area contributed by atoms with Gasteiger partial charge in [0.1, 0.15) is 5.75 Å². The second-order valence-electron chi connectivity index (χ2n) is 10.5. The van der Waals surface area contributed by atoms with E-state index in [-0.39, 0.29) is 36.6 Å². The van der Waals surface area contributed by atoms with Crippen molar-refractivity contribution < 1.29 is 14.3 Å². The highest BCUT2D eigenvalue weighted by molar-refractivity contribution is 7.99. The van der Waals surface area contributed by atoms with Crippen LogP contribution in [0.1, 0.15) is 39.9 Å². The first kappa shape index (κ1) is 30.3. The van der Waals surface area contributed by atoms with Gasteiger partial charge in [0, 0.05) is 6.42 Å². The number of carbonyl (C=O) groups is 2. The number of hydrogen-bond acceptors (Lipinski definition) is 8. The normalized spacial score (nSPS) is 14.3. The number of methoxy groups -OCH3 is 1. The molecule has 1 aliphatic heterocycles. The molecule has 0 saturated carbocycles. The SMILES string of the molecule is COc1ccc([C@H]2CC(c3cccs3)=NN2C(=O)CSc2nnc(CNC(=O)Cc3ccccc3)n2Cc2ccccc2)cc1. The summed E-state index contributed by atoms with van der Waals surface area (Å²) >= 11 is 2.93. The lowest BCUT2D eigenvalue weighted by Gasteiger charge is -2.22. The number of aromatic nitrogens is 3. The number of nitrogens with one attached hydrogen (secondary N) is 1. The third kappa shape index (κ3) is 7.50. The van der Waals surface area contributed by atoms with Gasteiger partial charge >= 0.3 is 0 Å². The fraction of sp³-hybridized carbons (Fsp3) is 0.206. The fourth-order valence-electron chi connectivity index (χ4n) is 5.11. The smallest absolute Gasteiger partial charge is 0.253 e. The van der Waals surface area contributed by atoms with Gasteiger partial charge in [0.25, 0.3) is 5.91 Å². The summed E-state index contributed by atoms with van der Waals surface area (Å²) < 4.78 is 7.30. The summed E-state index contributed by atoms with van der Waals surface area (Å²) in [4.78, 5) is 27.5. The second-order valence-corrected chi connectivity index (χ2v) is 12.3. The van der Waals surface area contributed by atoms with Crippen LogP contribution in [0, 0.1) is 0 Å². The molecule has 45 heavy (non-hydrogen) atoms. The molecule has 3 heterocycles. The molecule has 0 radical (unpaired) electrons. The molecule has 228 valence electrons. The molecular weight excluding hydrogens is 605 g/mol. The zero-order valence-electron chi connectivity index (χ0n) is 24.7. The second kappa shape index (κ2) is 14.4. The van der Waals surface area contributed by atoms with Crippen molar-refractivity contribution in [3.05, 3.63) is 130 Å². The molecule has 0 fully saturated rings. The van der Waals surface area contributed by atoms with Gasteiger partial charge in [-0.15, -0.1) is 21.5 Å². The first-order valence-electron chi connectivity index (χ1n) is 14.5. The van der Waals surface area contributed by atoms with Crippen molar-refractivity contribution in [1.82, 2.24) is 25.1 Å². The van der Waals surface area contributed by atoms with Gasteiger partial charge in [-0.3, -0.25) is 9.59 Å². The standard InChI is InChI=1S/C34H32N6O3S2/c1-43-27-16-14-26(15-17-27)29-20-28(30-13-8-18-44-30)38-40(29)33(42)23-45-34-37-36-31(39(34)22-25-11-6-3-7-12-25)21-35-32(41)19-24-9-4-2-5-10-24/h2-18,29H,19-23H2,1H3,(H,35,41)/t29-/m1/s1. The van der Waals surface area contributed by atoms with E-state index >= 15 is 0 Å². The Labute approximate surface area is 270 Å². The van der Waals surface area contributed by atoms with Crippen molar-refractivity contribution in [2.45, 2.75) is 37.1 Å². The fourth-order valence-corrected chi connectivity index (χ4v) is 6.64. The number of thiophene rings is 1. The van der Waals surface area contributed by atoms with Gasteiger partial charge in [0.2, 0.25) is 5.91 Å². The number of ether oxygens (including phenoxy) is 1. The monoisotopic (exact) mass is 636 g/mol. The molecule has 6 rings (SSSR count). The topological polar surface area (TPSA) is 102 Å². The summed E-state index contributed by atoms with van der Waals surface area (Å²) in [5, 5.41) is 20.8.